The van der Waals surface area contributed by atoms with Crippen molar-refractivity contribution in [2.75, 3.05) is 13.2 Å². The van der Waals surface area contributed by atoms with E-state index in [-0.39, 0.29) is 18.1 Å². The Balaban J connectivity index is 2.42. The van der Waals surface area contributed by atoms with E-state index in [1.54, 1.807) is 39.8 Å². The Bertz CT molecular complexity index is 613. The fourth-order valence-electron chi connectivity index (χ4n) is 1.59. The zero-order valence-electron chi connectivity index (χ0n) is 14.2. The Morgan fingerprint density at radius 2 is 1.70 bits per heavy atom. The summed E-state index contributed by atoms with van der Waals surface area (Å²) in [5.41, 5.74) is 0.360. The van der Waals surface area contributed by atoms with Gasteiger partial charge in [0.2, 0.25) is 0 Å². The zero-order chi connectivity index (χ0) is 17.7. The van der Waals surface area contributed by atoms with Crippen LogP contribution < -0.4 is 0 Å². The molecule has 0 aliphatic carbocycles. The van der Waals surface area contributed by atoms with Crippen LogP contribution in [0.2, 0.25) is 0 Å². The quantitative estimate of drug-likeness (QED) is 0.429. The highest BCUT2D eigenvalue weighted by Crippen LogP contribution is 2.13. The lowest BCUT2D eigenvalue weighted by Crippen LogP contribution is -2.32. The normalized spacial score (nSPS) is 13.6. The highest BCUT2D eigenvalue weighted by atomic mass is 32.2. The molecule has 0 aliphatic rings. The molecule has 0 fully saturated rings. The van der Waals surface area contributed by atoms with Gasteiger partial charge in [-0.1, -0.05) is 17.7 Å². The number of benzene rings is 1. The average Bonchev–Trinajstić information content (AvgIpc) is 2.42. The molecule has 0 saturated heterocycles. The number of rotatable bonds is 7. The number of aryl methyl sites for hydroxylation is 1. The summed E-state index contributed by atoms with van der Waals surface area (Å²) >= 11 is 0. The molecule has 6 nitrogen and oxygen atoms in total. The molecule has 1 unspecified atom stereocenters. The number of hydrogen-bond acceptors (Lipinski definition) is 6. The molecule has 0 aliphatic heterocycles. The van der Waals surface area contributed by atoms with Gasteiger partial charge in [-0.15, -0.1) is 0 Å². The average molecular weight is 344 g/mol. The van der Waals surface area contributed by atoms with Crippen molar-refractivity contribution in [3.05, 3.63) is 29.8 Å². The molecule has 23 heavy (non-hydrogen) atoms. The fourth-order valence-corrected chi connectivity index (χ4v) is 2.49. The lowest BCUT2D eigenvalue weighted by Gasteiger charge is -2.22. The molecule has 130 valence electrons. The molecule has 0 amide bonds. The summed E-state index contributed by atoms with van der Waals surface area (Å²) < 4.78 is 39.2. The predicted molar refractivity (Wildman–Crippen MR) is 85.6 cm³/mol. The Morgan fingerprint density at radius 1 is 1.13 bits per heavy atom. The molecule has 0 heterocycles. The summed E-state index contributed by atoms with van der Waals surface area (Å²) in [5, 5.41) is 0. The highest BCUT2D eigenvalue weighted by Gasteiger charge is 2.22. The smallest absolute Gasteiger partial charge is 0.335 e. The van der Waals surface area contributed by atoms with E-state index >= 15 is 0 Å². The first kappa shape index (κ1) is 19.6. The third-order valence-electron chi connectivity index (χ3n) is 2.74. The SMILES string of the molecule is Cc1ccc(S(=O)(=O)OCCOC(C)C(=O)OC(C)(C)C)cc1. The number of ether oxygens (including phenoxy) is 2. The minimum Gasteiger partial charge on any atom is -0.458 e. The molecule has 1 atom stereocenters. The maximum Gasteiger partial charge on any atom is 0.335 e. The molecule has 0 saturated carbocycles. The fraction of sp³-hybridized carbons (Fsp3) is 0.562. The van der Waals surface area contributed by atoms with Crippen molar-refractivity contribution in [1.29, 1.82) is 0 Å². The van der Waals surface area contributed by atoms with Crippen molar-refractivity contribution >= 4 is 16.1 Å². The van der Waals surface area contributed by atoms with Gasteiger partial charge in [-0.3, -0.25) is 4.18 Å². The molecule has 1 rings (SSSR count). The van der Waals surface area contributed by atoms with Crippen LogP contribution in [0.5, 0.6) is 0 Å². The van der Waals surface area contributed by atoms with Crippen LogP contribution in [0.1, 0.15) is 33.3 Å². The van der Waals surface area contributed by atoms with Crippen molar-refractivity contribution < 1.29 is 26.9 Å². The second-order valence-electron chi connectivity index (χ2n) is 6.14. The predicted octanol–water partition coefficient (Wildman–Crippen LogP) is 2.45. The van der Waals surface area contributed by atoms with Crippen LogP contribution in [-0.4, -0.2) is 39.3 Å². The van der Waals surface area contributed by atoms with Crippen LogP contribution in [0.4, 0.5) is 0 Å². The summed E-state index contributed by atoms with van der Waals surface area (Å²) in [6, 6.07) is 6.35. The van der Waals surface area contributed by atoms with E-state index in [2.05, 4.69) is 0 Å². The number of hydrogen-bond donors (Lipinski definition) is 0. The number of carbonyl (C=O) groups is 1. The minimum atomic E-state index is -3.82. The maximum absolute atomic E-state index is 11.9. The van der Waals surface area contributed by atoms with Crippen LogP contribution in [-0.2, 0) is 28.6 Å². The van der Waals surface area contributed by atoms with Crippen LogP contribution in [0.3, 0.4) is 0 Å². The second kappa shape index (κ2) is 7.90. The molecular weight excluding hydrogens is 320 g/mol. The molecule has 0 N–H and O–H groups in total. The van der Waals surface area contributed by atoms with Crippen molar-refractivity contribution in [1.82, 2.24) is 0 Å². The maximum atomic E-state index is 11.9. The Kier molecular flexibility index (Phi) is 6.73. The minimum absolute atomic E-state index is 0.0362. The first-order valence-electron chi connectivity index (χ1n) is 7.32. The largest absolute Gasteiger partial charge is 0.458 e. The second-order valence-corrected chi connectivity index (χ2v) is 7.75. The van der Waals surface area contributed by atoms with Gasteiger partial charge in [-0.2, -0.15) is 8.42 Å². The molecule has 0 radical (unpaired) electrons. The van der Waals surface area contributed by atoms with E-state index in [1.807, 2.05) is 6.92 Å². The summed E-state index contributed by atoms with van der Waals surface area (Å²) in [4.78, 5) is 11.8. The molecule has 1 aromatic carbocycles. The lowest BCUT2D eigenvalue weighted by atomic mass is 10.2. The summed E-state index contributed by atoms with van der Waals surface area (Å²) in [6.45, 7) is 8.47. The van der Waals surface area contributed by atoms with Crippen molar-refractivity contribution in [2.24, 2.45) is 0 Å². The Morgan fingerprint density at radius 3 is 2.22 bits per heavy atom. The lowest BCUT2D eigenvalue weighted by molar-refractivity contribution is -0.167. The van der Waals surface area contributed by atoms with E-state index < -0.39 is 27.8 Å². The van der Waals surface area contributed by atoms with E-state index in [0.29, 0.717) is 0 Å². The van der Waals surface area contributed by atoms with E-state index in [1.165, 1.54) is 12.1 Å². The van der Waals surface area contributed by atoms with Gasteiger partial charge < -0.3 is 9.47 Å². The first-order valence-corrected chi connectivity index (χ1v) is 8.73. The van der Waals surface area contributed by atoms with E-state index in [9.17, 15) is 13.2 Å². The van der Waals surface area contributed by atoms with Crippen LogP contribution in [0, 0.1) is 6.92 Å². The zero-order valence-corrected chi connectivity index (χ0v) is 15.0. The molecule has 1 aromatic rings. The van der Waals surface area contributed by atoms with Crippen LogP contribution >= 0.6 is 0 Å². The van der Waals surface area contributed by atoms with Gasteiger partial charge in [-0.25, -0.2) is 4.79 Å². The van der Waals surface area contributed by atoms with Gasteiger partial charge in [0.25, 0.3) is 10.1 Å². The molecular formula is C16H24O6S. The third-order valence-corrected chi connectivity index (χ3v) is 4.06. The topological polar surface area (TPSA) is 78.9 Å². The monoisotopic (exact) mass is 344 g/mol. The van der Waals surface area contributed by atoms with Gasteiger partial charge in [0.15, 0.2) is 6.10 Å². The van der Waals surface area contributed by atoms with Crippen molar-refractivity contribution in [2.45, 2.75) is 51.2 Å². The molecule has 7 heteroatoms. The van der Waals surface area contributed by atoms with Gasteiger partial charge in [0.05, 0.1) is 18.1 Å². The van der Waals surface area contributed by atoms with E-state index in [0.717, 1.165) is 5.56 Å². The first-order chi connectivity index (χ1) is 10.5. The summed E-state index contributed by atoms with van der Waals surface area (Å²) in [7, 11) is -3.82. The molecule has 0 spiro atoms. The standard InChI is InChI=1S/C16H24O6S/c1-12-6-8-14(9-7-12)23(18,19)21-11-10-20-13(2)15(17)22-16(3,4)5/h6-9,13H,10-11H2,1-5H3. The Labute approximate surface area is 137 Å². The van der Waals surface area contributed by atoms with Gasteiger partial charge in [0, 0.05) is 0 Å². The van der Waals surface area contributed by atoms with Crippen LogP contribution in [0.25, 0.3) is 0 Å². The molecule has 0 aromatic heterocycles. The number of carbonyl (C=O) groups excluding carboxylic acids is 1. The van der Waals surface area contributed by atoms with Crippen LogP contribution in [0.15, 0.2) is 29.2 Å². The Hall–Kier alpha value is -1.44. The summed E-state index contributed by atoms with van der Waals surface area (Å²) in [6.07, 6.45) is -0.792. The highest BCUT2D eigenvalue weighted by molar-refractivity contribution is 7.86. The molecule has 0 bridgehead atoms. The van der Waals surface area contributed by atoms with Gasteiger partial charge >= 0.3 is 5.97 Å². The van der Waals surface area contributed by atoms with Crippen molar-refractivity contribution in [3.63, 3.8) is 0 Å². The van der Waals surface area contributed by atoms with Gasteiger partial charge in [-0.05, 0) is 46.8 Å². The van der Waals surface area contributed by atoms with E-state index in [4.69, 9.17) is 13.7 Å². The third kappa shape index (κ3) is 7.11. The van der Waals surface area contributed by atoms with Gasteiger partial charge in [0.1, 0.15) is 5.60 Å². The number of esters is 1. The summed E-state index contributed by atoms with van der Waals surface area (Å²) in [5.74, 6) is -0.501. The van der Waals surface area contributed by atoms with Crippen molar-refractivity contribution in [3.8, 4) is 0 Å².